The summed E-state index contributed by atoms with van der Waals surface area (Å²) >= 11 is 0. The molecule has 0 radical (unpaired) electrons. The second-order valence-electron chi connectivity index (χ2n) is 7.51. The molecule has 2 rings (SSSR count). The van der Waals surface area contributed by atoms with Crippen molar-refractivity contribution in [2.24, 2.45) is 5.41 Å². The van der Waals surface area contributed by atoms with Gasteiger partial charge in [-0.05, 0) is 11.8 Å². The molecule has 1 aromatic heterocycles. The summed E-state index contributed by atoms with van der Waals surface area (Å²) in [5.41, 5.74) is 1.03. The van der Waals surface area contributed by atoms with Crippen molar-refractivity contribution in [3.8, 4) is 0 Å². The molecular formula is C18H27N3O5. The van der Waals surface area contributed by atoms with Crippen LogP contribution in [0.2, 0.25) is 0 Å². The maximum atomic E-state index is 12.9. The summed E-state index contributed by atoms with van der Waals surface area (Å²) in [5, 5.41) is 9.04. The maximum Gasteiger partial charge on any atom is 0.329 e. The van der Waals surface area contributed by atoms with Crippen LogP contribution >= 0.6 is 0 Å². The number of methoxy groups -OCH3 is 1. The van der Waals surface area contributed by atoms with Crippen LogP contribution in [0.1, 0.15) is 51.4 Å². The van der Waals surface area contributed by atoms with E-state index in [1.807, 2.05) is 4.57 Å². The summed E-state index contributed by atoms with van der Waals surface area (Å²) in [7, 11) is 1.30. The number of carbonyl (C=O) groups is 3. The summed E-state index contributed by atoms with van der Waals surface area (Å²) in [6.45, 7) is 6.60. The van der Waals surface area contributed by atoms with Gasteiger partial charge in [0.2, 0.25) is 5.91 Å². The van der Waals surface area contributed by atoms with Crippen LogP contribution in [0, 0.1) is 5.41 Å². The lowest BCUT2D eigenvalue weighted by Crippen LogP contribution is -2.50. The molecule has 1 aliphatic heterocycles. The number of carboxylic acid groups (broad SMARTS) is 1. The molecule has 1 aromatic rings. The van der Waals surface area contributed by atoms with Gasteiger partial charge < -0.3 is 19.3 Å². The summed E-state index contributed by atoms with van der Waals surface area (Å²) in [5.74, 6) is -1.68. The molecule has 0 aromatic carbocycles. The van der Waals surface area contributed by atoms with Crippen molar-refractivity contribution in [3.63, 3.8) is 0 Å². The molecule has 1 N–H and O–H groups in total. The number of carboxylic acids is 1. The van der Waals surface area contributed by atoms with Gasteiger partial charge in [-0.15, -0.1) is 0 Å². The maximum absolute atomic E-state index is 12.9. The van der Waals surface area contributed by atoms with Gasteiger partial charge in [-0.2, -0.15) is 0 Å². The Balaban J connectivity index is 2.27. The number of carbonyl (C=O) groups excluding carboxylic acids is 2. The van der Waals surface area contributed by atoms with Crippen molar-refractivity contribution in [2.45, 2.75) is 65.6 Å². The quantitative estimate of drug-likeness (QED) is 0.737. The highest BCUT2D eigenvalue weighted by Crippen LogP contribution is 2.30. The molecule has 0 fully saturated rings. The first-order valence-electron chi connectivity index (χ1n) is 8.80. The van der Waals surface area contributed by atoms with Crippen LogP contribution < -0.4 is 0 Å². The van der Waals surface area contributed by atoms with Crippen LogP contribution in [-0.4, -0.2) is 50.6 Å². The SMILES string of the molecule is CCCn1cnc2c1CN(C(=O)CC(C)(C)CC(=O)O)C(C(=O)OC)C2. The van der Waals surface area contributed by atoms with Crippen LogP contribution in [-0.2, 0) is 38.6 Å². The molecular weight excluding hydrogens is 338 g/mol. The fourth-order valence-electron chi connectivity index (χ4n) is 3.39. The Hall–Kier alpha value is -2.38. The number of hydrogen-bond donors (Lipinski definition) is 1. The Morgan fingerprint density at radius 1 is 1.35 bits per heavy atom. The Morgan fingerprint density at radius 3 is 2.62 bits per heavy atom. The third-order valence-electron chi connectivity index (χ3n) is 4.63. The first-order chi connectivity index (χ1) is 12.2. The molecule has 0 bridgehead atoms. The van der Waals surface area contributed by atoms with Gasteiger partial charge in [0.25, 0.3) is 0 Å². The van der Waals surface area contributed by atoms with Gasteiger partial charge in [0, 0.05) is 19.4 Å². The van der Waals surface area contributed by atoms with Crippen molar-refractivity contribution in [1.82, 2.24) is 14.5 Å². The van der Waals surface area contributed by atoms with Gasteiger partial charge in [-0.1, -0.05) is 20.8 Å². The van der Waals surface area contributed by atoms with E-state index >= 15 is 0 Å². The normalized spacial score (nSPS) is 16.9. The number of imidazole rings is 1. The number of ether oxygens (including phenoxy) is 1. The molecule has 1 atom stereocenters. The number of fused-ring (bicyclic) bond motifs is 1. The van der Waals surface area contributed by atoms with Crippen molar-refractivity contribution < 1.29 is 24.2 Å². The van der Waals surface area contributed by atoms with Crippen LogP contribution in [0.15, 0.2) is 6.33 Å². The molecule has 0 saturated heterocycles. The Kier molecular flexibility index (Phi) is 6.05. The van der Waals surface area contributed by atoms with Crippen LogP contribution in [0.3, 0.4) is 0 Å². The van der Waals surface area contributed by atoms with E-state index in [4.69, 9.17) is 9.84 Å². The Bertz CT molecular complexity index is 695. The van der Waals surface area contributed by atoms with Gasteiger partial charge in [-0.3, -0.25) is 9.59 Å². The number of esters is 1. The molecule has 26 heavy (non-hydrogen) atoms. The zero-order valence-electron chi connectivity index (χ0n) is 15.8. The standard InChI is InChI=1S/C18H27N3O5/c1-5-6-20-11-19-12-7-13(17(25)26-4)21(10-14(12)20)15(22)8-18(2,3)9-16(23)24/h11,13H,5-10H2,1-4H3,(H,23,24). The lowest BCUT2D eigenvalue weighted by molar-refractivity contribution is -0.155. The molecule has 144 valence electrons. The smallest absolute Gasteiger partial charge is 0.329 e. The third kappa shape index (κ3) is 4.42. The fraction of sp³-hybridized carbons (Fsp3) is 0.667. The summed E-state index contributed by atoms with van der Waals surface area (Å²) in [6, 6.07) is -0.731. The van der Waals surface area contributed by atoms with Crippen molar-refractivity contribution in [2.75, 3.05) is 7.11 Å². The second kappa shape index (κ2) is 7.88. The first kappa shape index (κ1) is 19.9. The number of amides is 1. The third-order valence-corrected chi connectivity index (χ3v) is 4.63. The molecule has 0 saturated carbocycles. The van der Waals surface area contributed by atoms with E-state index in [-0.39, 0.29) is 25.3 Å². The average Bonchev–Trinajstić information content (AvgIpc) is 2.93. The topological polar surface area (TPSA) is 102 Å². The zero-order valence-corrected chi connectivity index (χ0v) is 15.8. The van der Waals surface area contributed by atoms with Crippen LogP contribution in [0.4, 0.5) is 0 Å². The van der Waals surface area contributed by atoms with E-state index in [0.717, 1.165) is 24.4 Å². The number of hydrogen-bond acceptors (Lipinski definition) is 5. The van der Waals surface area contributed by atoms with E-state index in [1.165, 1.54) is 12.0 Å². The lowest BCUT2D eigenvalue weighted by atomic mass is 9.84. The number of rotatable bonds is 7. The highest BCUT2D eigenvalue weighted by atomic mass is 16.5. The number of aryl methyl sites for hydroxylation is 1. The molecule has 8 heteroatoms. The average molecular weight is 365 g/mol. The minimum Gasteiger partial charge on any atom is -0.481 e. The molecule has 1 unspecified atom stereocenters. The predicted octanol–water partition coefficient (Wildman–Crippen LogP) is 1.61. The van der Waals surface area contributed by atoms with E-state index < -0.39 is 23.4 Å². The summed E-state index contributed by atoms with van der Waals surface area (Å²) in [4.78, 5) is 42.1. The molecule has 1 aliphatic rings. The monoisotopic (exact) mass is 365 g/mol. The van der Waals surface area contributed by atoms with Crippen molar-refractivity contribution in [1.29, 1.82) is 0 Å². The van der Waals surface area contributed by atoms with Gasteiger partial charge >= 0.3 is 11.9 Å². The van der Waals surface area contributed by atoms with E-state index in [1.54, 1.807) is 20.2 Å². The molecule has 0 spiro atoms. The zero-order chi connectivity index (χ0) is 19.5. The molecule has 0 aliphatic carbocycles. The van der Waals surface area contributed by atoms with Gasteiger partial charge in [0.05, 0.1) is 37.8 Å². The molecule has 1 amide bonds. The predicted molar refractivity (Wildman–Crippen MR) is 93.2 cm³/mol. The number of aliphatic carboxylic acids is 1. The van der Waals surface area contributed by atoms with Gasteiger partial charge in [0.15, 0.2) is 0 Å². The Morgan fingerprint density at radius 2 is 2.04 bits per heavy atom. The Labute approximate surface area is 153 Å². The van der Waals surface area contributed by atoms with Gasteiger partial charge in [-0.25, -0.2) is 9.78 Å². The summed E-state index contributed by atoms with van der Waals surface area (Å²) in [6.07, 6.45) is 2.91. The lowest BCUT2D eigenvalue weighted by Gasteiger charge is -2.36. The summed E-state index contributed by atoms with van der Waals surface area (Å²) < 4.78 is 6.88. The minimum atomic E-state index is -0.950. The minimum absolute atomic E-state index is 0.0457. The largest absolute Gasteiger partial charge is 0.481 e. The number of nitrogens with zero attached hydrogens (tertiary/aromatic N) is 3. The van der Waals surface area contributed by atoms with E-state index in [9.17, 15) is 14.4 Å². The molecule has 8 nitrogen and oxygen atoms in total. The van der Waals surface area contributed by atoms with Crippen LogP contribution in [0.5, 0.6) is 0 Å². The van der Waals surface area contributed by atoms with Gasteiger partial charge in [0.1, 0.15) is 6.04 Å². The highest BCUT2D eigenvalue weighted by molar-refractivity contribution is 5.86. The van der Waals surface area contributed by atoms with Crippen molar-refractivity contribution >= 4 is 17.8 Å². The fourth-order valence-corrected chi connectivity index (χ4v) is 3.39. The number of aromatic nitrogens is 2. The van der Waals surface area contributed by atoms with E-state index in [2.05, 4.69) is 11.9 Å². The highest BCUT2D eigenvalue weighted by Gasteiger charge is 2.39. The molecule has 2 heterocycles. The van der Waals surface area contributed by atoms with E-state index in [0.29, 0.717) is 6.42 Å². The van der Waals surface area contributed by atoms with Crippen LogP contribution in [0.25, 0.3) is 0 Å². The second-order valence-corrected chi connectivity index (χ2v) is 7.51. The first-order valence-corrected chi connectivity index (χ1v) is 8.80. The van der Waals surface area contributed by atoms with Crippen molar-refractivity contribution in [3.05, 3.63) is 17.7 Å².